The summed E-state index contributed by atoms with van der Waals surface area (Å²) in [5.41, 5.74) is 0. The third-order valence-corrected chi connectivity index (χ3v) is 4.87. The molecule has 0 radical (unpaired) electrons. The van der Waals surface area contributed by atoms with Gasteiger partial charge in [0.1, 0.15) is 12.1 Å². The molecule has 0 bridgehead atoms. The SMILES string of the molecule is COc1cc(N2C[C@@H]3[C@@H](CNC(=O)c4ccco4)CO[C@@H]3C2)ncn1. The van der Waals surface area contributed by atoms with E-state index in [9.17, 15) is 4.79 Å². The maximum atomic E-state index is 12.0. The average Bonchev–Trinajstić information content (AvgIpc) is 3.37. The number of methoxy groups -OCH3 is 1. The fourth-order valence-electron chi connectivity index (χ4n) is 3.53. The lowest BCUT2D eigenvalue weighted by Crippen LogP contribution is -2.34. The molecular formula is C17H20N4O4. The summed E-state index contributed by atoms with van der Waals surface area (Å²) in [5, 5.41) is 2.94. The van der Waals surface area contributed by atoms with Gasteiger partial charge in [-0.2, -0.15) is 0 Å². The molecule has 2 aromatic heterocycles. The van der Waals surface area contributed by atoms with Crippen molar-refractivity contribution in [1.82, 2.24) is 15.3 Å². The predicted octanol–water partition coefficient (Wildman–Crippen LogP) is 0.959. The second-order valence-electron chi connectivity index (χ2n) is 6.31. The van der Waals surface area contributed by atoms with E-state index < -0.39 is 0 Å². The molecular weight excluding hydrogens is 324 g/mol. The Morgan fingerprint density at radius 3 is 3.16 bits per heavy atom. The summed E-state index contributed by atoms with van der Waals surface area (Å²) in [4.78, 5) is 22.6. The van der Waals surface area contributed by atoms with Gasteiger partial charge in [-0.3, -0.25) is 4.79 Å². The highest BCUT2D eigenvalue weighted by atomic mass is 16.5. The van der Waals surface area contributed by atoms with Gasteiger partial charge >= 0.3 is 0 Å². The molecule has 2 aromatic rings. The molecule has 0 spiro atoms. The van der Waals surface area contributed by atoms with Gasteiger partial charge in [0.05, 0.1) is 26.1 Å². The molecule has 0 aromatic carbocycles. The van der Waals surface area contributed by atoms with E-state index in [1.54, 1.807) is 19.2 Å². The van der Waals surface area contributed by atoms with Crippen LogP contribution in [0.1, 0.15) is 10.6 Å². The first-order chi connectivity index (χ1) is 12.2. The van der Waals surface area contributed by atoms with Gasteiger partial charge in [0.2, 0.25) is 5.88 Å². The summed E-state index contributed by atoms with van der Waals surface area (Å²) in [6, 6.07) is 5.19. The first-order valence-electron chi connectivity index (χ1n) is 8.29. The van der Waals surface area contributed by atoms with Crippen LogP contribution in [0.5, 0.6) is 5.88 Å². The van der Waals surface area contributed by atoms with Crippen LogP contribution < -0.4 is 15.0 Å². The number of aromatic nitrogens is 2. The number of nitrogens with zero attached hydrogens (tertiary/aromatic N) is 3. The lowest BCUT2D eigenvalue weighted by Gasteiger charge is -2.20. The molecule has 25 heavy (non-hydrogen) atoms. The number of hydrogen-bond donors (Lipinski definition) is 1. The van der Waals surface area contributed by atoms with Gasteiger partial charge in [-0.05, 0) is 12.1 Å². The Morgan fingerprint density at radius 1 is 1.44 bits per heavy atom. The molecule has 0 unspecified atom stereocenters. The quantitative estimate of drug-likeness (QED) is 0.864. The number of amides is 1. The molecule has 2 aliphatic heterocycles. The van der Waals surface area contributed by atoms with Gasteiger partial charge in [0.25, 0.3) is 5.91 Å². The monoisotopic (exact) mass is 344 g/mol. The third-order valence-electron chi connectivity index (χ3n) is 4.87. The highest BCUT2D eigenvalue weighted by Crippen LogP contribution is 2.35. The number of nitrogens with one attached hydrogen (secondary N) is 1. The van der Waals surface area contributed by atoms with E-state index in [0.29, 0.717) is 30.7 Å². The molecule has 0 saturated carbocycles. The number of furan rings is 1. The van der Waals surface area contributed by atoms with Crippen LogP contribution in [0.25, 0.3) is 0 Å². The number of rotatable bonds is 5. The van der Waals surface area contributed by atoms with Gasteiger partial charge in [-0.25, -0.2) is 9.97 Å². The van der Waals surface area contributed by atoms with E-state index in [-0.39, 0.29) is 17.9 Å². The summed E-state index contributed by atoms with van der Waals surface area (Å²) in [5.74, 6) is 2.16. The third kappa shape index (κ3) is 3.17. The molecule has 2 aliphatic rings. The highest BCUT2D eigenvalue weighted by Gasteiger charge is 2.44. The molecule has 0 aliphatic carbocycles. The fraction of sp³-hybridized carbons (Fsp3) is 0.471. The molecule has 4 rings (SSSR count). The summed E-state index contributed by atoms with van der Waals surface area (Å²) in [7, 11) is 1.59. The number of ether oxygens (including phenoxy) is 2. The second kappa shape index (κ2) is 6.72. The molecule has 3 atom stereocenters. The number of carbonyl (C=O) groups excluding carboxylic acids is 1. The van der Waals surface area contributed by atoms with Gasteiger partial charge in [-0.15, -0.1) is 0 Å². The topological polar surface area (TPSA) is 89.7 Å². The molecule has 8 heteroatoms. The van der Waals surface area contributed by atoms with Crippen molar-refractivity contribution in [1.29, 1.82) is 0 Å². The van der Waals surface area contributed by atoms with Crippen molar-refractivity contribution in [3.05, 3.63) is 36.5 Å². The van der Waals surface area contributed by atoms with Gasteiger partial charge < -0.3 is 24.1 Å². The Bertz CT molecular complexity index is 736. The van der Waals surface area contributed by atoms with Crippen molar-refractivity contribution in [2.75, 3.05) is 38.3 Å². The van der Waals surface area contributed by atoms with Crippen LogP contribution >= 0.6 is 0 Å². The Morgan fingerprint density at radius 2 is 2.36 bits per heavy atom. The Hall–Kier alpha value is -2.61. The van der Waals surface area contributed by atoms with E-state index in [2.05, 4.69) is 20.2 Å². The number of carbonyl (C=O) groups is 1. The van der Waals surface area contributed by atoms with Gasteiger partial charge in [-0.1, -0.05) is 0 Å². The molecule has 4 heterocycles. The normalized spacial score (nSPS) is 25.0. The van der Waals surface area contributed by atoms with E-state index >= 15 is 0 Å². The van der Waals surface area contributed by atoms with E-state index in [0.717, 1.165) is 18.9 Å². The van der Waals surface area contributed by atoms with Crippen LogP contribution in [-0.2, 0) is 4.74 Å². The summed E-state index contributed by atoms with van der Waals surface area (Å²) in [6.45, 7) is 2.86. The number of anilines is 1. The first-order valence-corrected chi connectivity index (χ1v) is 8.29. The second-order valence-corrected chi connectivity index (χ2v) is 6.31. The van der Waals surface area contributed by atoms with Crippen LogP contribution in [0.4, 0.5) is 5.82 Å². The molecule has 132 valence electrons. The van der Waals surface area contributed by atoms with Crippen molar-refractivity contribution < 1.29 is 18.7 Å². The summed E-state index contributed by atoms with van der Waals surface area (Å²) in [6.07, 6.45) is 3.16. The Kier molecular flexibility index (Phi) is 4.27. The zero-order valence-corrected chi connectivity index (χ0v) is 13.9. The van der Waals surface area contributed by atoms with Crippen LogP contribution in [0.3, 0.4) is 0 Å². The lowest BCUT2D eigenvalue weighted by molar-refractivity contribution is 0.0912. The van der Waals surface area contributed by atoms with Crippen molar-refractivity contribution in [3.63, 3.8) is 0 Å². The molecule has 1 amide bonds. The molecule has 8 nitrogen and oxygen atoms in total. The molecule has 1 N–H and O–H groups in total. The summed E-state index contributed by atoms with van der Waals surface area (Å²) < 4.78 is 16.2. The maximum Gasteiger partial charge on any atom is 0.286 e. The van der Waals surface area contributed by atoms with Gasteiger partial charge in [0.15, 0.2) is 5.76 Å². The smallest absolute Gasteiger partial charge is 0.286 e. The van der Waals surface area contributed by atoms with Crippen molar-refractivity contribution in [2.24, 2.45) is 11.8 Å². The fourth-order valence-corrected chi connectivity index (χ4v) is 3.53. The lowest BCUT2D eigenvalue weighted by atomic mass is 9.93. The zero-order chi connectivity index (χ0) is 17.2. The number of hydrogen-bond acceptors (Lipinski definition) is 7. The summed E-state index contributed by atoms with van der Waals surface area (Å²) >= 11 is 0. The van der Waals surface area contributed by atoms with E-state index in [1.165, 1.54) is 12.6 Å². The van der Waals surface area contributed by atoms with E-state index in [1.807, 2.05) is 6.07 Å². The largest absolute Gasteiger partial charge is 0.481 e. The van der Waals surface area contributed by atoms with Crippen molar-refractivity contribution >= 4 is 11.7 Å². The molecule has 2 fully saturated rings. The molecule has 2 saturated heterocycles. The van der Waals surface area contributed by atoms with Crippen LogP contribution in [0.15, 0.2) is 35.2 Å². The average molecular weight is 344 g/mol. The van der Waals surface area contributed by atoms with E-state index in [4.69, 9.17) is 13.9 Å². The van der Waals surface area contributed by atoms with Crippen LogP contribution in [0, 0.1) is 11.8 Å². The maximum absolute atomic E-state index is 12.0. The minimum atomic E-state index is -0.191. The standard InChI is InChI=1S/C17H20N4O4/c1-23-16-5-15(19-10-20-16)21-7-12-11(9-25-14(12)8-21)6-18-17(22)13-3-2-4-24-13/h2-5,10-12,14H,6-9H2,1H3,(H,18,22)/t11-,12+,14+/m0/s1. The van der Waals surface area contributed by atoms with Crippen molar-refractivity contribution in [2.45, 2.75) is 6.10 Å². The zero-order valence-electron chi connectivity index (χ0n) is 13.9. The van der Waals surface area contributed by atoms with Crippen LogP contribution in [-0.4, -0.2) is 55.3 Å². The predicted molar refractivity (Wildman–Crippen MR) is 88.6 cm³/mol. The Labute approximate surface area is 145 Å². The number of fused-ring (bicyclic) bond motifs is 1. The highest BCUT2D eigenvalue weighted by molar-refractivity contribution is 5.91. The Balaban J connectivity index is 1.37. The first kappa shape index (κ1) is 15.9. The minimum Gasteiger partial charge on any atom is -0.481 e. The minimum absolute atomic E-state index is 0.159. The van der Waals surface area contributed by atoms with Crippen LogP contribution in [0.2, 0.25) is 0 Å². The van der Waals surface area contributed by atoms with Crippen molar-refractivity contribution in [3.8, 4) is 5.88 Å². The van der Waals surface area contributed by atoms with Gasteiger partial charge in [0, 0.05) is 37.5 Å².